The van der Waals surface area contributed by atoms with Gasteiger partial charge in [0.15, 0.2) is 11.6 Å². The predicted octanol–water partition coefficient (Wildman–Crippen LogP) is 2.74. The highest BCUT2D eigenvalue weighted by Crippen LogP contribution is 2.31. The molecule has 26 heavy (non-hydrogen) atoms. The Morgan fingerprint density at radius 2 is 2.12 bits per heavy atom. The van der Waals surface area contributed by atoms with E-state index in [0.29, 0.717) is 22.8 Å². The fourth-order valence-corrected chi connectivity index (χ4v) is 2.70. The van der Waals surface area contributed by atoms with E-state index in [2.05, 4.69) is 20.3 Å². The summed E-state index contributed by atoms with van der Waals surface area (Å²) in [6.07, 6.45) is 5.78. The number of carbonyl (C=O) groups is 1. The van der Waals surface area contributed by atoms with E-state index in [9.17, 15) is 9.90 Å². The largest absolute Gasteiger partial charge is 0.505 e. The van der Waals surface area contributed by atoms with Gasteiger partial charge < -0.3 is 15.3 Å². The van der Waals surface area contributed by atoms with Gasteiger partial charge in [0.2, 0.25) is 0 Å². The lowest BCUT2D eigenvalue weighted by Crippen LogP contribution is -2.16. The third-order valence-electron chi connectivity index (χ3n) is 4.18. The number of aliphatic imine (C=N–C) groups is 1. The molecule has 0 saturated heterocycles. The Morgan fingerprint density at radius 3 is 2.88 bits per heavy atom. The topological polar surface area (TPSA) is 82.2 Å². The van der Waals surface area contributed by atoms with E-state index < -0.39 is 0 Å². The second kappa shape index (κ2) is 7.53. The van der Waals surface area contributed by atoms with Gasteiger partial charge in [-0.1, -0.05) is 6.07 Å². The quantitative estimate of drug-likeness (QED) is 0.616. The summed E-state index contributed by atoms with van der Waals surface area (Å²) in [5.41, 5.74) is 2.12. The fraction of sp³-hybridized carbons (Fsp3) is 0.316. The molecular formula is C19H23N5O2. The Bertz CT molecular complexity index is 921. The van der Waals surface area contributed by atoms with E-state index in [1.54, 1.807) is 11.4 Å². The first-order chi connectivity index (χ1) is 12.5. The Morgan fingerprint density at radius 1 is 1.31 bits per heavy atom. The molecule has 7 nitrogen and oxygen atoms in total. The molecule has 0 atom stereocenters. The maximum Gasteiger partial charge on any atom is 0.185 e. The summed E-state index contributed by atoms with van der Waals surface area (Å²) >= 11 is 0. The number of fused-ring (bicyclic) bond motifs is 1. The van der Waals surface area contributed by atoms with Gasteiger partial charge in [-0.2, -0.15) is 0 Å². The Balaban J connectivity index is 1.96. The molecule has 2 heterocycles. The minimum Gasteiger partial charge on any atom is -0.505 e. The van der Waals surface area contributed by atoms with Crippen molar-refractivity contribution in [1.82, 2.24) is 14.5 Å². The zero-order valence-electron chi connectivity index (χ0n) is 15.2. The van der Waals surface area contributed by atoms with Crippen LogP contribution in [0.15, 0.2) is 52.9 Å². The van der Waals surface area contributed by atoms with Crippen LogP contribution in [0.1, 0.15) is 13.3 Å². The minimum absolute atomic E-state index is 0.0914. The molecule has 0 aromatic carbocycles. The van der Waals surface area contributed by atoms with Crippen molar-refractivity contribution in [2.75, 3.05) is 32.5 Å². The summed E-state index contributed by atoms with van der Waals surface area (Å²) in [7, 11) is 4.08. The molecule has 2 aromatic heterocycles. The number of nitrogens with zero attached hydrogens (tertiary/aromatic N) is 4. The van der Waals surface area contributed by atoms with E-state index >= 15 is 0 Å². The van der Waals surface area contributed by atoms with Crippen molar-refractivity contribution in [1.29, 1.82) is 0 Å². The van der Waals surface area contributed by atoms with Crippen molar-refractivity contribution in [3.63, 3.8) is 0 Å². The zero-order valence-corrected chi connectivity index (χ0v) is 15.2. The molecule has 0 aliphatic heterocycles. The maximum atomic E-state index is 11.7. The lowest BCUT2D eigenvalue weighted by molar-refractivity contribution is -0.111. The van der Waals surface area contributed by atoms with Crippen LogP contribution < -0.4 is 5.32 Å². The number of pyridine rings is 1. The standard InChI is InChI=1S/C19H23N5O2/c1-13-16(25)9-8-14(18(13)26)21-17-15-7-4-5-12-24(15)22-19(17)20-10-6-11-23(2)3/h4-5,7-9,12,26H,6,10-11H2,1-3H3,(H,20,22)/b21-14+. The molecule has 0 fully saturated rings. The number of aliphatic hydroxyl groups is 1. The van der Waals surface area contributed by atoms with Gasteiger partial charge in [-0.3, -0.25) is 4.79 Å². The van der Waals surface area contributed by atoms with Crippen molar-refractivity contribution in [2.45, 2.75) is 13.3 Å². The van der Waals surface area contributed by atoms with Crippen LogP contribution in [-0.2, 0) is 4.79 Å². The number of nitrogens with one attached hydrogen (secondary N) is 1. The summed E-state index contributed by atoms with van der Waals surface area (Å²) in [6, 6.07) is 5.73. The van der Waals surface area contributed by atoms with E-state index in [-0.39, 0.29) is 11.5 Å². The molecule has 0 unspecified atom stereocenters. The molecule has 0 spiro atoms. The van der Waals surface area contributed by atoms with Gasteiger partial charge in [0.25, 0.3) is 0 Å². The van der Waals surface area contributed by atoms with Crippen LogP contribution in [0.3, 0.4) is 0 Å². The van der Waals surface area contributed by atoms with Crippen LogP contribution >= 0.6 is 0 Å². The van der Waals surface area contributed by atoms with Crippen LogP contribution in [0.4, 0.5) is 11.5 Å². The van der Waals surface area contributed by atoms with Crippen LogP contribution in [0.2, 0.25) is 0 Å². The zero-order chi connectivity index (χ0) is 18.7. The van der Waals surface area contributed by atoms with Crippen LogP contribution in [-0.4, -0.2) is 58.3 Å². The molecular weight excluding hydrogens is 330 g/mol. The third kappa shape index (κ3) is 3.67. The SMILES string of the molecule is CC1=C(O)/C(=N/c2c(NCCCN(C)C)nn3ccccc23)C=CC1=O. The summed E-state index contributed by atoms with van der Waals surface area (Å²) in [6.45, 7) is 3.32. The van der Waals surface area contributed by atoms with Gasteiger partial charge in [0, 0.05) is 18.3 Å². The first-order valence-corrected chi connectivity index (χ1v) is 8.54. The summed E-state index contributed by atoms with van der Waals surface area (Å²) in [5.74, 6) is 0.355. The second-order valence-corrected chi connectivity index (χ2v) is 6.48. The average molecular weight is 353 g/mol. The molecule has 0 bridgehead atoms. The molecule has 2 aromatic rings. The van der Waals surface area contributed by atoms with E-state index in [1.165, 1.54) is 12.2 Å². The van der Waals surface area contributed by atoms with Crippen LogP contribution in [0, 0.1) is 0 Å². The number of anilines is 1. The van der Waals surface area contributed by atoms with Gasteiger partial charge in [-0.25, -0.2) is 9.51 Å². The molecule has 1 aliphatic rings. The second-order valence-electron chi connectivity index (χ2n) is 6.48. The number of allylic oxidation sites excluding steroid dienone is 3. The molecule has 0 saturated carbocycles. The smallest absolute Gasteiger partial charge is 0.185 e. The summed E-state index contributed by atoms with van der Waals surface area (Å²) in [4.78, 5) is 18.4. The predicted molar refractivity (Wildman–Crippen MR) is 103 cm³/mol. The molecule has 7 heteroatoms. The first kappa shape index (κ1) is 17.9. The number of hydrogen-bond acceptors (Lipinski definition) is 6. The van der Waals surface area contributed by atoms with Gasteiger partial charge in [-0.05, 0) is 58.3 Å². The van der Waals surface area contributed by atoms with Crippen LogP contribution in [0.25, 0.3) is 5.52 Å². The third-order valence-corrected chi connectivity index (χ3v) is 4.18. The lowest BCUT2D eigenvalue weighted by atomic mass is 10.0. The van der Waals surface area contributed by atoms with E-state index in [4.69, 9.17) is 0 Å². The number of aliphatic hydroxyl groups excluding tert-OH is 1. The number of rotatable bonds is 6. The molecule has 136 valence electrons. The fourth-order valence-electron chi connectivity index (χ4n) is 2.70. The molecule has 0 radical (unpaired) electrons. The van der Waals surface area contributed by atoms with Gasteiger partial charge >= 0.3 is 0 Å². The van der Waals surface area contributed by atoms with Crippen molar-refractivity contribution < 1.29 is 9.90 Å². The van der Waals surface area contributed by atoms with Gasteiger partial charge in [-0.15, -0.1) is 5.10 Å². The van der Waals surface area contributed by atoms with E-state index in [0.717, 1.165) is 25.0 Å². The van der Waals surface area contributed by atoms with Crippen molar-refractivity contribution in [3.8, 4) is 0 Å². The van der Waals surface area contributed by atoms with Crippen molar-refractivity contribution >= 4 is 28.5 Å². The highest BCUT2D eigenvalue weighted by atomic mass is 16.3. The van der Waals surface area contributed by atoms with E-state index in [1.807, 2.05) is 38.5 Å². The van der Waals surface area contributed by atoms with Crippen molar-refractivity contribution in [2.24, 2.45) is 4.99 Å². The number of ketones is 1. The lowest BCUT2D eigenvalue weighted by Gasteiger charge is -2.11. The minimum atomic E-state index is -0.205. The Kier molecular flexibility index (Phi) is 5.18. The maximum absolute atomic E-state index is 11.7. The Hall–Kier alpha value is -2.93. The highest BCUT2D eigenvalue weighted by Gasteiger charge is 2.19. The molecule has 2 N–H and O–H groups in total. The normalized spacial score (nSPS) is 16.3. The Labute approximate surface area is 152 Å². The van der Waals surface area contributed by atoms with Gasteiger partial charge in [0.05, 0.1) is 5.52 Å². The number of aromatic nitrogens is 2. The van der Waals surface area contributed by atoms with Crippen molar-refractivity contribution in [3.05, 3.63) is 47.9 Å². The number of carbonyl (C=O) groups excluding carboxylic acids is 1. The highest BCUT2D eigenvalue weighted by molar-refractivity contribution is 6.21. The average Bonchev–Trinajstić information content (AvgIpc) is 2.96. The molecule has 0 amide bonds. The van der Waals surface area contributed by atoms with Gasteiger partial charge in [0.1, 0.15) is 17.2 Å². The number of hydrogen-bond donors (Lipinski definition) is 2. The van der Waals surface area contributed by atoms with Crippen LogP contribution in [0.5, 0.6) is 0 Å². The monoisotopic (exact) mass is 353 g/mol. The first-order valence-electron chi connectivity index (χ1n) is 8.54. The molecule has 1 aliphatic carbocycles. The molecule has 3 rings (SSSR count). The summed E-state index contributed by atoms with van der Waals surface area (Å²) < 4.78 is 1.75. The summed E-state index contributed by atoms with van der Waals surface area (Å²) in [5, 5.41) is 18.1.